The largest absolute Gasteiger partial charge is 0.462 e. The summed E-state index contributed by atoms with van der Waals surface area (Å²) >= 11 is 0. The molecule has 1 aromatic heterocycles. The van der Waals surface area contributed by atoms with Gasteiger partial charge in [-0.05, 0) is 19.1 Å². The van der Waals surface area contributed by atoms with Crippen molar-refractivity contribution in [3.8, 4) is 0 Å². The fourth-order valence-corrected chi connectivity index (χ4v) is 1.90. The van der Waals surface area contributed by atoms with Gasteiger partial charge in [0.1, 0.15) is 0 Å². The number of hydrogen-bond donors (Lipinski definition) is 0. The highest BCUT2D eigenvalue weighted by Crippen LogP contribution is 2.31. The number of aromatic nitrogens is 2. The Labute approximate surface area is 106 Å². The lowest BCUT2D eigenvalue weighted by Crippen LogP contribution is -2.13. The Balaban J connectivity index is 2.68. The fraction of sp³-hybridized carbons (Fsp3) is 0.333. The van der Waals surface area contributed by atoms with E-state index in [1.165, 1.54) is 25.2 Å². The Morgan fingerprint density at radius 3 is 2.68 bits per heavy atom. The van der Waals surface area contributed by atoms with Gasteiger partial charge in [-0.3, -0.25) is 0 Å². The molecule has 0 saturated heterocycles. The third-order valence-electron chi connectivity index (χ3n) is 2.64. The van der Waals surface area contributed by atoms with Gasteiger partial charge in [-0.1, -0.05) is 6.07 Å². The Hall–Kier alpha value is -2.05. The first-order valence-electron chi connectivity index (χ1n) is 5.56. The molecule has 1 heterocycles. The molecule has 0 aliphatic carbocycles. The van der Waals surface area contributed by atoms with Crippen LogP contribution in [0, 0.1) is 0 Å². The summed E-state index contributed by atoms with van der Waals surface area (Å²) in [6.07, 6.45) is -4.57. The van der Waals surface area contributed by atoms with Gasteiger partial charge in [0.15, 0.2) is 0 Å². The summed E-state index contributed by atoms with van der Waals surface area (Å²) in [5, 5.41) is 0. The molecular formula is C12H11F3N2O2. The van der Waals surface area contributed by atoms with Crippen molar-refractivity contribution in [3.63, 3.8) is 0 Å². The predicted molar refractivity (Wildman–Crippen MR) is 61.7 cm³/mol. The number of fused-ring (bicyclic) bond motifs is 1. The molecule has 0 fully saturated rings. The highest BCUT2D eigenvalue weighted by atomic mass is 19.4. The summed E-state index contributed by atoms with van der Waals surface area (Å²) < 4.78 is 44.0. The molecule has 0 amide bonds. The number of esters is 1. The van der Waals surface area contributed by atoms with Crippen LogP contribution in [0.3, 0.4) is 0 Å². The van der Waals surface area contributed by atoms with Crippen LogP contribution in [0.4, 0.5) is 13.2 Å². The Morgan fingerprint density at radius 1 is 1.42 bits per heavy atom. The van der Waals surface area contributed by atoms with Crippen LogP contribution < -0.4 is 0 Å². The van der Waals surface area contributed by atoms with Crippen molar-refractivity contribution in [2.45, 2.75) is 13.1 Å². The number of rotatable bonds is 2. The van der Waals surface area contributed by atoms with E-state index < -0.39 is 18.0 Å². The number of aryl methyl sites for hydroxylation is 1. The molecule has 0 spiro atoms. The van der Waals surface area contributed by atoms with Gasteiger partial charge < -0.3 is 9.30 Å². The van der Waals surface area contributed by atoms with Crippen molar-refractivity contribution in [3.05, 3.63) is 29.6 Å². The van der Waals surface area contributed by atoms with E-state index in [0.717, 1.165) is 4.57 Å². The lowest BCUT2D eigenvalue weighted by Gasteiger charge is -2.07. The molecule has 0 N–H and O–H groups in total. The second-order valence-electron chi connectivity index (χ2n) is 3.89. The van der Waals surface area contributed by atoms with Crippen LogP contribution in [-0.2, 0) is 18.0 Å². The molecule has 1 aromatic carbocycles. The summed E-state index contributed by atoms with van der Waals surface area (Å²) in [6.45, 7) is 1.78. The number of benzene rings is 1. The number of imidazole rings is 1. The summed E-state index contributed by atoms with van der Waals surface area (Å²) in [5.41, 5.74) is 0.304. The maximum atomic E-state index is 12.8. The summed E-state index contributed by atoms with van der Waals surface area (Å²) in [7, 11) is 1.22. The minimum atomic E-state index is -4.57. The summed E-state index contributed by atoms with van der Waals surface area (Å²) in [4.78, 5) is 15.2. The van der Waals surface area contributed by atoms with E-state index in [0.29, 0.717) is 0 Å². The van der Waals surface area contributed by atoms with E-state index in [-0.39, 0.29) is 23.2 Å². The number of carbonyl (C=O) groups is 1. The standard InChI is InChI=1S/C12H11F3N2O2/c1-3-19-10(18)7-5-4-6-8-9(7)17(2)11(16-8)12(13,14)15/h4-6H,3H2,1-2H3. The molecule has 0 unspecified atom stereocenters. The number of nitrogens with zero attached hydrogens (tertiary/aromatic N) is 2. The summed E-state index contributed by atoms with van der Waals surface area (Å²) in [6, 6.07) is 4.32. The van der Waals surface area contributed by atoms with Gasteiger partial charge in [-0.25, -0.2) is 9.78 Å². The molecule has 102 valence electrons. The van der Waals surface area contributed by atoms with Gasteiger partial charge in [-0.2, -0.15) is 13.2 Å². The zero-order chi connectivity index (χ0) is 14.2. The number of halogens is 3. The van der Waals surface area contributed by atoms with Crippen LogP contribution in [0.5, 0.6) is 0 Å². The second-order valence-corrected chi connectivity index (χ2v) is 3.89. The van der Waals surface area contributed by atoms with E-state index in [1.54, 1.807) is 6.92 Å². The van der Waals surface area contributed by atoms with E-state index in [2.05, 4.69) is 4.98 Å². The van der Waals surface area contributed by atoms with Crippen molar-refractivity contribution in [2.24, 2.45) is 7.05 Å². The maximum Gasteiger partial charge on any atom is 0.449 e. The molecule has 2 aromatic rings. The van der Waals surface area contributed by atoms with Crippen LogP contribution in [0.1, 0.15) is 23.1 Å². The van der Waals surface area contributed by atoms with Gasteiger partial charge in [0.05, 0.1) is 23.2 Å². The molecule has 0 radical (unpaired) electrons. The highest BCUT2D eigenvalue weighted by molar-refractivity contribution is 6.02. The topological polar surface area (TPSA) is 44.1 Å². The third-order valence-corrected chi connectivity index (χ3v) is 2.64. The van der Waals surface area contributed by atoms with Gasteiger partial charge in [0.25, 0.3) is 0 Å². The molecule has 7 heteroatoms. The van der Waals surface area contributed by atoms with Gasteiger partial charge in [-0.15, -0.1) is 0 Å². The van der Waals surface area contributed by atoms with Crippen LogP contribution >= 0.6 is 0 Å². The zero-order valence-corrected chi connectivity index (χ0v) is 10.3. The average Bonchev–Trinajstić information content (AvgIpc) is 2.67. The monoisotopic (exact) mass is 272 g/mol. The van der Waals surface area contributed by atoms with E-state index in [9.17, 15) is 18.0 Å². The molecule has 2 rings (SSSR count). The number of para-hydroxylation sites is 1. The maximum absolute atomic E-state index is 12.8. The summed E-state index contributed by atoms with van der Waals surface area (Å²) in [5.74, 6) is -1.70. The third kappa shape index (κ3) is 2.27. The highest BCUT2D eigenvalue weighted by Gasteiger charge is 2.37. The molecule has 4 nitrogen and oxygen atoms in total. The smallest absolute Gasteiger partial charge is 0.449 e. The predicted octanol–water partition coefficient (Wildman–Crippen LogP) is 2.77. The number of carbonyl (C=O) groups excluding carboxylic acids is 1. The molecule has 0 bridgehead atoms. The molecule has 0 aliphatic heterocycles. The Kier molecular flexibility index (Phi) is 3.21. The lowest BCUT2D eigenvalue weighted by molar-refractivity contribution is -0.146. The number of hydrogen-bond acceptors (Lipinski definition) is 3. The Bertz CT molecular complexity index is 632. The number of alkyl halides is 3. The van der Waals surface area contributed by atoms with Crippen LogP contribution in [0.25, 0.3) is 11.0 Å². The average molecular weight is 272 g/mol. The van der Waals surface area contributed by atoms with Crippen molar-refractivity contribution in [1.29, 1.82) is 0 Å². The normalized spacial score (nSPS) is 11.8. The first kappa shape index (κ1) is 13.4. The van der Waals surface area contributed by atoms with E-state index in [4.69, 9.17) is 4.74 Å². The Morgan fingerprint density at radius 2 is 2.11 bits per heavy atom. The molecule has 19 heavy (non-hydrogen) atoms. The molecule has 0 aliphatic rings. The molecular weight excluding hydrogens is 261 g/mol. The minimum Gasteiger partial charge on any atom is -0.462 e. The van der Waals surface area contributed by atoms with E-state index >= 15 is 0 Å². The van der Waals surface area contributed by atoms with Crippen molar-refractivity contribution in [1.82, 2.24) is 9.55 Å². The molecule has 0 saturated carbocycles. The number of ether oxygens (including phenoxy) is 1. The van der Waals surface area contributed by atoms with Gasteiger partial charge in [0.2, 0.25) is 5.82 Å². The van der Waals surface area contributed by atoms with Gasteiger partial charge >= 0.3 is 12.1 Å². The zero-order valence-electron chi connectivity index (χ0n) is 10.3. The first-order valence-corrected chi connectivity index (χ1v) is 5.56. The fourth-order valence-electron chi connectivity index (χ4n) is 1.90. The van der Waals surface area contributed by atoms with Crippen LogP contribution in [0.15, 0.2) is 18.2 Å². The SMILES string of the molecule is CCOC(=O)c1cccc2nc(C(F)(F)F)n(C)c12. The van der Waals surface area contributed by atoms with Crippen molar-refractivity contribution in [2.75, 3.05) is 6.61 Å². The minimum absolute atomic E-state index is 0.0739. The van der Waals surface area contributed by atoms with Crippen molar-refractivity contribution >= 4 is 17.0 Å². The lowest BCUT2D eigenvalue weighted by atomic mass is 10.2. The second kappa shape index (κ2) is 4.56. The van der Waals surface area contributed by atoms with E-state index in [1.807, 2.05) is 0 Å². The van der Waals surface area contributed by atoms with Crippen LogP contribution in [-0.4, -0.2) is 22.1 Å². The molecule has 0 atom stereocenters. The van der Waals surface area contributed by atoms with Crippen molar-refractivity contribution < 1.29 is 22.7 Å². The quantitative estimate of drug-likeness (QED) is 0.789. The van der Waals surface area contributed by atoms with Gasteiger partial charge in [0, 0.05) is 7.05 Å². The van der Waals surface area contributed by atoms with Crippen LogP contribution in [0.2, 0.25) is 0 Å². The first-order chi connectivity index (χ1) is 8.86.